The maximum Gasteiger partial charge on any atom is 0.246 e. The van der Waals surface area contributed by atoms with Crippen molar-refractivity contribution in [2.45, 2.75) is 51.2 Å². The SMILES string of the molecule is CC(C)C[C@@H](N)C(=O)N1CC[C@@H]2C[C@@]21C(=O)NCc1ccc(C(=N)N)cc1.Cl.Cl. The summed E-state index contributed by atoms with van der Waals surface area (Å²) in [4.78, 5) is 27.4. The van der Waals surface area contributed by atoms with E-state index in [2.05, 4.69) is 5.32 Å². The van der Waals surface area contributed by atoms with E-state index in [4.69, 9.17) is 16.9 Å². The highest BCUT2D eigenvalue weighted by Crippen LogP contribution is 2.56. The number of nitrogens with one attached hydrogen (secondary N) is 2. The van der Waals surface area contributed by atoms with E-state index >= 15 is 0 Å². The number of carbonyl (C=O) groups excluding carboxylic acids is 2. The zero-order valence-electron chi connectivity index (χ0n) is 16.8. The Morgan fingerprint density at radius 3 is 2.41 bits per heavy atom. The Labute approximate surface area is 184 Å². The van der Waals surface area contributed by atoms with Crippen molar-refractivity contribution in [1.29, 1.82) is 5.41 Å². The zero-order chi connectivity index (χ0) is 19.8. The minimum atomic E-state index is -0.703. The Bertz CT molecular complexity index is 756. The van der Waals surface area contributed by atoms with Gasteiger partial charge in [-0.25, -0.2) is 0 Å². The second kappa shape index (κ2) is 9.78. The average Bonchev–Trinajstić information content (AvgIpc) is 3.24. The van der Waals surface area contributed by atoms with Gasteiger partial charge in [0.2, 0.25) is 11.8 Å². The van der Waals surface area contributed by atoms with Crippen molar-refractivity contribution in [3.05, 3.63) is 35.4 Å². The van der Waals surface area contributed by atoms with E-state index in [0.717, 1.165) is 18.4 Å². The summed E-state index contributed by atoms with van der Waals surface area (Å²) in [5.74, 6) is 0.399. The lowest BCUT2D eigenvalue weighted by molar-refractivity contribution is -0.142. The van der Waals surface area contributed by atoms with Crippen LogP contribution in [0.3, 0.4) is 0 Å². The standard InChI is InChI=1S/C20H29N5O2.2ClH/c1-12(2)9-16(21)18(26)25-8-7-15-10-20(15,25)19(27)24-11-13-3-5-14(6-4-13)17(22)23;;/h3-6,12,15-16H,7-11,21H2,1-2H3,(H3,22,23)(H,24,27);2*1H/t15-,16-,20+;;/m1../s1. The van der Waals surface area contributed by atoms with Gasteiger partial charge in [0.15, 0.2) is 0 Å². The normalized spacial score (nSPS) is 22.8. The van der Waals surface area contributed by atoms with E-state index in [1.807, 2.05) is 26.0 Å². The fourth-order valence-electron chi connectivity index (χ4n) is 4.13. The van der Waals surface area contributed by atoms with Gasteiger partial charge in [-0.15, -0.1) is 24.8 Å². The van der Waals surface area contributed by atoms with Crippen molar-refractivity contribution in [2.75, 3.05) is 6.54 Å². The van der Waals surface area contributed by atoms with Gasteiger partial charge in [-0.05, 0) is 36.7 Å². The van der Waals surface area contributed by atoms with Gasteiger partial charge < -0.3 is 21.7 Å². The van der Waals surface area contributed by atoms with Crippen LogP contribution in [0.15, 0.2) is 24.3 Å². The molecular formula is C20H31Cl2N5O2. The highest BCUT2D eigenvalue weighted by atomic mass is 35.5. The first-order chi connectivity index (χ1) is 12.8. The molecule has 1 aromatic rings. The molecule has 1 saturated carbocycles. The molecule has 1 aliphatic carbocycles. The van der Waals surface area contributed by atoms with E-state index in [1.54, 1.807) is 17.0 Å². The third-order valence-corrected chi connectivity index (χ3v) is 5.68. The predicted octanol–water partition coefficient (Wildman–Crippen LogP) is 1.79. The second-order valence-corrected chi connectivity index (χ2v) is 8.13. The largest absolute Gasteiger partial charge is 0.384 e. The van der Waals surface area contributed by atoms with Crippen molar-refractivity contribution in [1.82, 2.24) is 10.2 Å². The van der Waals surface area contributed by atoms with Gasteiger partial charge in [0.1, 0.15) is 11.4 Å². The van der Waals surface area contributed by atoms with Crippen LogP contribution in [-0.4, -0.2) is 40.7 Å². The number of hydrogen-bond donors (Lipinski definition) is 4. The van der Waals surface area contributed by atoms with Crippen molar-refractivity contribution in [3.63, 3.8) is 0 Å². The number of halogens is 2. The number of hydrogen-bond acceptors (Lipinski definition) is 4. The maximum absolute atomic E-state index is 12.9. The lowest BCUT2D eigenvalue weighted by Crippen LogP contribution is -2.54. The number of nitrogen functional groups attached to an aromatic ring is 1. The lowest BCUT2D eigenvalue weighted by atomic mass is 10.0. The molecule has 162 valence electrons. The molecule has 2 amide bonds. The van der Waals surface area contributed by atoms with Gasteiger partial charge in [0.25, 0.3) is 0 Å². The van der Waals surface area contributed by atoms with Gasteiger partial charge in [-0.2, -0.15) is 0 Å². The average molecular weight is 444 g/mol. The number of benzene rings is 1. The Hall–Kier alpha value is -1.83. The summed E-state index contributed by atoms with van der Waals surface area (Å²) >= 11 is 0. The summed E-state index contributed by atoms with van der Waals surface area (Å²) in [6.07, 6.45) is 2.21. The van der Waals surface area contributed by atoms with Crippen LogP contribution in [0.4, 0.5) is 0 Å². The number of amidine groups is 1. The fourth-order valence-corrected chi connectivity index (χ4v) is 4.13. The third kappa shape index (κ3) is 5.02. The van der Waals surface area contributed by atoms with Crippen molar-refractivity contribution in [2.24, 2.45) is 23.3 Å². The van der Waals surface area contributed by atoms with E-state index in [1.165, 1.54) is 0 Å². The summed E-state index contributed by atoms with van der Waals surface area (Å²) in [6.45, 7) is 5.06. The molecule has 3 atom stereocenters. The van der Waals surface area contributed by atoms with Crippen LogP contribution in [0.25, 0.3) is 0 Å². The van der Waals surface area contributed by atoms with Crippen LogP contribution >= 0.6 is 24.8 Å². The molecule has 1 aromatic carbocycles. The molecule has 29 heavy (non-hydrogen) atoms. The molecule has 6 N–H and O–H groups in total. The first kappa shape index (κ1) is 25.2. The van der Waals surface area contributed by atoms with Gasteiger partial charge in [0.05, 0.1) is 6.04 Å². The zero-order valence-corrected chi connectivity index (χ0v) is 18.4. The Morgan fingerprint density at radius 1 is 1.28 bits per heavy atom. The quantitative estimate of drug-likeness (QED) is 0.378. The summed E-state index contributed by atoms with van der Waals surface area (Å²) in [5.41, 5.74) is 12.4. The van der Waals surface area contributed by atoms with Crippen LogP contribution < -0.4 is 16.8 Å². The number of piperidine rings is 1. The smallest absolute Gasteiger partial charge is 0.246 e. The number of rotatable bonds is 7. The van der Waals surface area contributed by atoms with E-state index in [9.17, 15) is 9.59 Å². The number of likely N-dealkylation sites (tertiary alicyclic amines) is 1. The minimum Gasteiger partial charge on any atom is -0.384 e. The molecule has 0 spiro atoms. The van der Waals surface area contributed by atoms with E-state index < -0.39 is 11.6 Å². The highest BCUT2D eigenvalue weighted by molar-refractivity contribution is 5.97. The highest BCUT2D eigenvalue weighted by Gasteiger charge is 2.68. The molecule has 3 rings (SSSR count). The first-order valence-electron chi connectivity index (χ1n) is 9.54. The van der Waals surface area contributed by atoms with Crippen LogP contribution in [0.2, 0.25) is 0 Å². The molecule has 2 aliphatic rings. The Balaban J connectivity index is 0.00000210. The molecule has 0 bridgehead atoms. The molecule has 0 radical (unpaired) electrons. The number of nitrogens with two attached hydrogens (primary N) is 2. The van der Waals surface area contributed by atoms with Crippen LogP contribution in [0.5, 0.6) is 0 Å². The summed E-state index contributed by atoms with van der Waals surface area (Å²) in [7, 11) is 0. The molecule has 2 fully saturated rings. The maximum atomic E-state index is 12.9. The number of nitrogens with zero attached hydrogens (tertiary/aromatic N) is 1. The molecule has 1 heterocycles. The van der Waals surface area contributed by atoms with Crippen molar-refractivity contribution in [3.8, 4) is 0 Å². The molecular weight excluding hydrogens is 413 g/mol. The van der Waals surface area contributed by atoms with E-state index in [0.29, 0.717) is 31.0 Å². The molecule has 0 aromatic heterocycles. The van der Waals surface area contributed by atoms with Crippen molar-refractivity contribution < 1.29 is 9.59 Å². The monoisotopic (exact) mass is 443 g/mol. The van der Waals surface area contributed by atoms with Crippen LogP contribution in [-0.2, 0) is 16.1 Å². The molecule has 9 heteroatoms. The van der Waals surface area contributed by atoms with E-state index in [-0.39, 0.29) is 48.4 Å². The predicted molar refractivity (Wildman–Crippen MR) is 118 cm³/mol. The van der Waals surface area contributed by atoms with Gasteiger partial charge >= 0.3 is 0 Å². The molecule has 1 aliphatic heterocycles. The van der Waals surface area contributed by atoms with Crippen molar-refractivity contribution >= 4 is 42.5 Å². The molecule has 0 unspecified atom stereocenters. The lowest BCUT2D eigenvalue weighted by Gasteiger charge is -2.30. The number of amides is 2. The fraction of sp³-hybridized carbons (Fsp3) is 0.550. The second-order valence-electron chi connectivity index (χ2n) is 8.13. The van der Waals surface area contributed by atoms with Crippen LogP contribution in [0.1, 0.15) is 44.2 Å². The Kier molecular flexibility index (Phi) is 8.50. The summed E-state index contributed by atoms with van der Waals surface area (Å²) in [5, 5.41) is 10.4. The Morgan fingerprint density at radius 2 is 1.90 bits per heavy atom. The molecule has 7 nitrogen and oxygen atoms in total. The summed E-state index contributed by atoms with van der Waals surface area (Å²) in [6, 6.07) is 6.66. The summed E-state index contributed by atoms with van der Waals surface area (Å²) < 4.78 is 0. The van der Waals surface area contributed by atoms with Crippen LogP contribution in [0, 0.1) is 17.2 Å². The van der Waals surface area contributed by atoms with Gasteiger partial charge in [-0.1, -0.05) is 38.1 Å². The topological polar surface area (TPSA) is 125 Å². The van der Waals surface area contributed by atoms with Gasteiger partial charge in [0, 0.05) is 18.7 Å². The number of fused-ring (bicyclic) bond motifs is 1. The number of carbonyl (C=O) groups is 2. The third-order valence-electron chi connectivity index (χ3n) is 5.68. The minimum absolute atomic E-state index is 0. The first-order valence-corrected chi connectivity index (χ1v) is 9.54. The molecule has 1 saturated heterocycles. The van der Waals surface area contributed by atoms with Gasteiger partial charge in [-0.3, -0.25) is 15.0 Å².